The number of anilines is 1. The van der Waals surface area contributed by atoms with Gasteiger partial charge in [0, 0.05) is 18.3 Å². The van der Waals surface area contributed by atoms with Crippen LogP contribution in [-0.2, 0) is 4.74 Å². The Morgan fingerprint density at radius 3 is 2.74 bits per heavy atom. The molecule has 1 spiro atoms. The quantitative estimate of drug-likeness (QED) is 0.920. The number of nitrogens with one attached hydrogen (secondary N) is 1. The third-order valence-corrected chi connectivity index (χ3v) is 4.76. The lowest BCUT2D eigenvalue weighted by molar-refractivity contribution is -0.0742. The predicted octanol–water partition coefficient (Wildman–Crippen LogP) is 2.10. The van der Waals surface area contributed by atoms with Crippen molar-refractivity contribution in [2.45, 2.75) is 18.4 Å². The maximum Gasteiger partial charge on any atom is 0.226 e. The molecular formula is C18H22N4O. The molecule has 2 saturated heterocycles. The first-order chi connectivity index (χ1) is 11.3. The van der Waals surface area contributed by atoms with Crippen molar-refractivity contribution in [3.05, 3.63) is 42.6 Å². The Kier molecular flexibility index (Phi) is 3.97. The van der Waals surface area contributed by atoms with Gasteiger partial charge in [-0.25, -0.2) is 9.97 Å². The molecule has 0 unspecified atom stereocenters. The topological polar surface area (TPSA) is 50.3 Å². The number of ether oxygens (including phenoxy) is 1. The SMILES string of the molecule is c1ccc(-c2ccnc(N3CCOC4(CCNCC4)C3)n2)cc1. The third kappa shape index (κ3) is 3.07. The van der Waals surface area contributed by atoms with Crippen LogP contribution in [0.15, 0.2) is 42.6 Å². The normalized spacial score (nSPS) is 20.6. The summed E-state index contributed by atoms with van der Waals surface area (Å²) in [6.07, 6.45) is 3.97. The predicted molar refractivity (Wildman–Crippen MR) is 90.5 cm³/mol. The highest BCUT2D eigenvalue weighted by Crippen LogP contribution is 2.29. The summed E-state index contributed by atoms with van der Waals surface area (Å²) in [7, 11) is 0. The van der Waals surface area contributed by atoms with Crippen molar-refractivity contribution in [2.75, 3.05) is 37.7 Å². The van der Waals surface area contributed by atoms with Gasteiger partial charge in [-0.15, -0.1) is 0 Å². The number of hydrogen-bond acceptors (Lipinski definition) is 5. The van der Waals surface area contributed by atoms with E-state index in [0.717, 1.165) is 62.8 Å². The Morgan fingerprint density at radius 2 is 1.91 bits per heavy atom. The van der Waals surface area contributed by atoms with Crippen LogP contribution in [0, 0.1) is 0 Å². The average Bonchev–Trinajstić information content (AvgIpc) is 2.63. The first-order valence-electron chi connectivity index (χ1n) is 8.33. The van der Waals surface area contributed by atoms with E-state index in [-0.39, 0.29) is 5.60 Å². The van der Waals surface area contributed by atoms with Crippen molar-refractivity contribution in [3.8, 4) is 11.3 Å². The molecule has 2 fully saturated rings. The number of aromatic nitrogens is 2. The molecule has 0 atom stereocenters. The van der Waals surface area contributed by atoms with Crippen LogP contribution in [0.25, 0.3) is 11.3 Å². The molecule has 120 valence electrons. The highest BCUT2D eigenvalue weighted by atomic mass is 16.5. The number of hydrogen-bond donors (Lipinski definition) is 1. The lowest BCUT2D eigenvalue weighted by Crippen LogP contribution is -2.56. The average molecular weight is 310 g/mol. The van der Waals surface area contributed by atoms with Crippen LogP contribution in [0.4, 0.5) is 5.95 Å². The molecule has 3 heterocycles. The maximum absolute atomic E-state index is 6.14. The fourth-order valence-corrected chi connectivity index (χ4v) is 3.47. The summed E-state index contributed by atoms with van der Waals surface area (Å²) >= 11 is 0. The van der Waals surface area contributed by atoms with Crippen LogP contribution in [0.5, 0.6) is 0 Å². The molecule has 0 aliphatic carbocycles. The summed E-state index contributed by atoms with van der Waals surface area (Å²) in [5.41, 5.74) is 2.07. The molecular weight excluding hydrogens is 288 g/mol. The second-order valence-corrected chi connectivity index (χ2v) is 6.31. The summed E-state index contributed by atoms with van der Waals surface area (Å²) < 4.78 is 6.14. The summed E-state index contributed by atoms with van der Waals surface area (Å²) in [6, 6.07) is 12.2. The van der Waals surface area contributed by atoms with Crippen molar-refractivity contribution in [2.24, 2.45) is 0 Å². The van der Waals surface area contributed by atoms with E-state index < -0.39 is 0 Å². The zero-order valence-electron chi connectivity index (χ0n) is 13.2. The minimum atomic E-state index is -0.0321. The van der Waals surface area contributed by atoms with Gasteiger partial charge in [-0.3, -0.25) is 0 Å². The first kappa shape index (κ1) is 14.6. The van der Waals surface area contributed by atoms with Gasteiger partial charge in [0.15, 0.2) is 0 Å². The fourth-order valence-electron chi connectivity index (χ4n) is 3.47. The molecule has 2 aliphatic heterocycles. The lowest BCUT2D eigenvalue weighted by Gasteiger charge is -2.45. The minimum absolute atomic E-state index is 0.0321. The summed E-state index contributed by atoms with van der Waals surface area (Å²) in [5.74, 6) is 0.813. The Hall–Kier alpha value is -1.98. The Balaban J connectivity index is 1.58. The van der Waals surface area contributed by atoms with Gasteiger partial charge in [0.05, 0.1) is 24.4 Å². The molecule has 0 saturated carbocycles. The second-order valence-electron chi connectivity index (χ2n) is 6.31. The third-order valence-electron chi connectivity index (χ3n) is 4.76. The Labute approximate surface area is 136 Å². The fraction of sp³-hybridized carbons (Fsp3) is 0.444. The van der Waals surface area contributed by atoms with E-state index in [9.17, 15) is 0 Å². The molecule has 0 amide bonds. The molecule has 1 aromatic heterocycles. The van der Waals surface area contributed by atoms with Gasteiger partial charge in [0.25, 0.3) is 0 Å². The Bertz CT molecular complexity index is 650. The van der Waals surface area contributed by atoms with E-state index in [0.29, 0.717) is 0 Å². The van der Waals surface area contributed by atoms with Gasteiger partial charge >= 0.3 is 0 Å². The highest BCUT2D eigenvalue weighted by Gasteiger charge is 2.38. The van der Waals surface area contributed by atoms with Gasteiger partial charge < -0.3 is 15.0 Å². The molecule has 0 bridgehead atoms. The van der Waals surface area contributed by atoms with Crippen LogP contribution < -0.4 is 10.2 Å². The Morgan fingerprint density at radius 1 is 1.09 bits per heavy atom. The van der Waals surface area contributed by atoms with E-state index >= 15 is 0 Å². The van der Waals surface area contributed by atoms with Crippen molar-refractivity contribution >= 4 is 5.95 Å². The number of piperidine rings is 1. The molecule has 2 aliphatic rings. The first-order valence-corrected chi connectivity index (χ1v) is 8.33. The summed E-state index contributed by atoms with van der Waals surface area (Å²) in [5, 5.41) is 3.41. The molecule has 23 heavy (non-hydrogen) atoms. The van der Waals surface area contributed by atoms with Crippen molar-refractivity contribution in [1.82, 2.24) is 15.3 Å². The molecule has 0 radical (unpaired) electrons. The van der Waals surface area contributed by atoms with Crippen molar-refractivity contribution in [1.29, 1.82) is 0 Å². The number of rotatable bonds is 2. The maximum atomic E-state index is 6.14. The molecule has 5 nitrogen and oxygen atoms in total. The van der Waals surface area contributed by atoms with E-state index in [2.05, 4.69) is 27.3 Å². The molecule has 2 aromatic rings. The number of morpholine rings is 1. The number of nitrogens with zero attached hydrogens (tertiary/aromatic N) is 3. The highest BCUT2D eigenvalue weighted by molar-refractivity contribution is 5.59. The van der Waals surface area contributed by atoms with Gasteiger partial charge in [-0.05, 0) is 32.0 Å². The zero-order chi connectivity index (χ0) is 15.5. The second kappa shape index (κ2) is 6.26. The standard InChI is InChI=1S/C18H22N4O/c1-2-4-15(5-3-1)16-6-9-20-17(21-16)22-12-13-23-18(14-22)7-10-19-11-8-18/h1-6,9,19H,7-8,10-14H2. The molecule has 1 aromatic carbocycles. The van der Waals surface area contributed by atoms with Crippen molar-refractivity contribution in [3.63, 3.8) is 0 Å². The summed E-state index contributed by atoms with van der Waals surface area (Å²) in [6.45, 7) is 4.54. The van der Waals surface area contributed by atoms with Crippen LogP contribution >= 0.6 is 0 Å². The monoisotopic (exact) mass is 310 g/mol. The van der Waals surface area contributed by atoms with Crippen LogP contribution in [0.1, 0.15) is 12.8 Å². The van der Waals surface area contributed by atoms with E-state index in [1.54, 1.807) is 0 Å². The van der Waals surface area contributed by atoms with Crippen LogP contribution in [0.2, 0.25) is 0 Å². The zero-order valence-corrected chi connectivity index (χ0v) is 13.2. The minimum Gasteiger partial charge on any atom is -0.371 e. The van der Waals surface area contributed by atoms with Crippen LogP contribution in [0.3, 0.4) is 0 Å². The van der Waals surface area contributed by atoms with Gasteiger partial charge in [-0.2, -0.15) is 0 Å². The van der Waals surface area contributed by atoms with Gasteiger partial charge in [-0.1, -0.05) is 30.3 Å². The van der Waals surface area contributed by atoms with Gasteiger partial charge in [0.1, 0.15) is 0 Å². The van der Waals surface area contributed by atoms with E-state index in [4.69, 9.17) is 9.72 Å². The molecule has 1 N–H and O–H groups in total. The number of benzene rings is 1. The molecule has 5 heteroatoms. The lowest BCUT2D eigenvalue weighted by atomic mass is 9.90. The smallest absolute Gasteiger partial charge is 0.226 e. The summed E-state index contributed by atoms with van der Waals surface area (Å²) in [4.78, 5) is 11.6. The van der Waals surface area contributed by atoms with E-state index in [1.165, 1.54) is 0 Å². The van der Waals surface area contributed by atoms with Crippen molar-refractivity contribution < 1.29 is 4.74 Å². The van der Waals surface area contributed by atoms with Crippen LogP contribution in [-0.4, -0.2) is 48.4 Å². The molecule has 4 rings (SSSR count). The largest absolute Gasteiger partial charge is 0.371 e. The van der Waals surface area contributed by atoms with E-state index in [1.807, 2.05) is 30.5 Å². The van der Waals surface area contributed by atoms with Gasteiger partial charge in [0.2, 0.25) is 5.95 Å².